The van der Waals surface area contributed by atoms with E-state index in [4.69, 9.17) is 39.6 Å². The Balaban J connectivity index is 2.24. The Labute approximate surface area is 167 Å². The smallest absolute Gasteiger partial charge is 0.387 e. The highest BCUT2D eigenvalue weighted by atomic mass is 35.5. The molecule has 0 amide bonds. The van der Waals surface area contributed by atoms with Crippen molar-refractivity contribution in [3.8, 4) is 0 Å². The molecule has 146 valence electrons. The van der Waals surface area contributed by atoms with E-state index in [1.165, 1.54) is 12.1 Å². The molecule has 2 rings (SSSR count). The van der Waals surface area contributed by atoms with Crippen molar-refractivity contribution in [3.05, 3.63) is 68.2 Å². The van der Waals surface area contributed by atoms with Gasteiger partial charge in [0.2, 0.25) is 0 Å². The van der Waals surface area contributed by atoms with Crippen LogP contribution in [-0.2, 0) is 26.7 Å². The summed E-state index contributed by atoms with van der Waals surface area (Å²) in [6.07, 6.45) is 0.834. The summed E-state index contributed by atoms with van der Waals surface area (Å²) in [5.41, 5.74) is -0.804. The summed E-state index contributed by atoms with van der Waals surface area (Å²) in [6, 6.07) is 7.49. The number of sulfonamides is 1. The van der Waals surface area contributed by atoms with E-state index in [1.807, 2.05) is 0 Å². The molecule has 0 aromatic heterocycles. The maximum atomic E-state index is 14.1. The zero-order chi connectivity index (χ0) is 20.2. The molecular formula is C15H10Cl3F3N2O3S. The minimum atomic E-state index is -5.59. The van der Waals surface area contributed by atoms with Crippen molar-refractivity contribution < 1.29 is 26.5 Å². The quantitative estimate of drug-likeness (QED) is 0.356. The Hall–Kier alpha value is -1.52. The SMILES string of the molecule is O=S(=O)(NF)C(F)(F)c1ccc(Cl)cc1/C=N/OCc1ccc(Cl)c(Cl)c1. The van der Waals surface area contributed by atoms with Gasteiger partial charge in [0.15, 0.2) is 0 Å². The molecule has 2 aromatic rings. The van der Waals surface area contributed by atoms with Crippen LogP contribution in [0.15, 0.2) is 41.6 Å². The van der Waals surface area contributed by atoms with Crippen molar-refractivity contribution in [2.45, 2.75) is 11.9 Å². The lowest BCUT2D eigenvalue weighted by molar-refractivity contribution is 0.0851. The molecule has 0 heterocycles. The number of benzene rings is 2. The molecule has 0 aliphatic rings. The molecule has 0 radical (unpaired) electrons. The number of hydrogen-bond acceptors (Lipinski definition) is 4. The first-order chi connectivity index (χ1) is 12.6. The van der Waals surface area contributed by atoms with Crippen LogP contribution in [0.5, 0.6) is 0 Å². The van der Waals surface area contributed by atoms with E-state index in [0.717, 1.165) is 24.4 Å². The highest BCUT2D eigenvalue weighted by molar-refractivity contribution is 7.89. The number of alkyl halides is 2. The fraction of sp³-hybridized carbons (Fsp3) is 0.133. The highest BCUT2D eigenvalue weighted by Gasteiger charge is 2.48. The lowest BCUT2D eigenvalue weighted by atomic mass is 10.1. The lowest BCUT2D eigenvalue weighted by Crippen LogP contribution is -2.34. The van der Waals surface area contributed by atoms with Gasteiger partial charge in [-0.1, -0.05) is 46.0 Å². The first kappa shape index (κ1) is 21.8. The summed E-state index contributed by atoms with van der Waals surface area (Å²) in [5.74, 6) is 0. The van der Waals surface area contributed by atoms with Crippen LogP contribution in [0.2, 0.25) is 15.1 Å². The third-order valence-corrected chi connectivity index (χ3v) is 5.32. The molecule has 12 heteroatoms. The molecule has 0 bridgehead atoms. The average molecular weight is 462 g/mol. The molecule has 0 saturated heterocycles. The van der Waals surface area contributed by atoms with E-state index >= 15 is 0 Å². The first-order valence-corrected chi connectivity index (χ1v) is 9.59. The van der Waals surface area contributed by atoms with E-state index in [1.54, 1.807) is 6.07 Å². The minimum Gasteiger partial charge on any atom is -0.391 e. The maximum absolute atomic E-state index is 14.1. The third-order valence-electron chi connectivity index (χ3n) is 3.25. The predicted molar refractivity (Wildman–Crippen MR) is 97.4 cm³/mol. The highest BCUT2D eigenvalue weighted by Crippen LogP contribution is 2.36. The molecule has 0 atom stereocenters. The summed E-state index contributed by atoms with van der Waals surface area (Å²) in [5, 5.41) is -0.390. The van der Waals surface area contributed by atoms with Crippen LogP contribution in [-0.4, -0.2) is 14.6 Å². The Morgan fingerprint density at radius 2 is 1.81 bits per heavy atom. The van der Waals surface area contributed by atoms with Gasteiger partial charge in [-0.3, -0.25) is 0 Å². The second-order valence-corrected chi connectivity index (χ2v) is 8.01. The van der Waals surface area contributed by atoms with Gasteiger partial charge in [-0.15, -0.1) is 4.48 Å². The molecule has 0 unspecified atom stereocenters. The number of halogens is 6. The summed E-state index contributed by atoms with van der Waals surface area (Å²) < 4.78 is 63.1. The van der Waals surface area contributed by atoms with Gasteiger partial charge in [0, 0.05) is 16.1 Å². The molecule has 0 fully saturated rings. The number of oxime groups is 1. The van der Waals surface area contributed by atoms with Crippen LogP contribution in [0.3, 0.4) is 0 Å². The van der Waals surface area contributed by atoms with E-state index < -0.39 is 20.8 Å². The van der Waals surface area contributed by atoms with Crippen molar-refractivity contribution >= 4 is 51.0 Å². The van der Waals surface area contributed by atoms with Crippen molar-refractivity contribution in [2.24, 2.45) is 5.16 Å². The maximum Gasteiger partial charge on any atom is 0.387 e. The number of nitrogens with zero attached hydrogens (tertiary/aromatic N) is 1. The molecule has 0 aliphatic heterocycles. The van der Waals surface area contributed by atoms with E-state index in [-0.39, 0.29) is 22.1 Å². The number of rotatable bonds is 7. The molecule has 0 saturated carbocycles. The Kier molecular flexibility index (Phi) is 6.98. The third kappa shape index (κ3) is 5.05. The molecule has 2 aromatic carbocycles. The van der Waals surface area contributed by atoms with Gasteiger partial charge in [0.1, 0.15) is 6.61 Å². The topological polar surface area (TPSA) is 67.8 Å². The zero-order valence-corrected chi connectivity index (χ0v) is 16.2. The summed E-state index contributed by atoms with van der Waals surface area (Å²) in [7, 11) is -5.59. The van der Waals surface area contributed by atoms with Gasteiger partial charge >= 0.3 is 15.3 Å². The van der Waals surface area contributed by atoms with Crippen LogP contribution in [0.4, 0.5) is 13.3 Å². The van der Waals surface area contributed by atoms with Gasteiger partial charge < -0.3 is 4.84 Å². The normalized spacial score (nSPS) is 12.5. The van der Waals surface area contributed by atoms with Gasteiger partial charge in [-0.05, 0) is 40.8 Å². The van der Waals surface area contributed by atoms with Gasteiger partial charge in [0.25, 0.3) is 0 Å². The van der Waals surface area contributed by atoms with Crippen molar-refractivity contribution in [3.63, 3.8) is 0 Å². The predicted octanol–water partition coefficient (Wildman–Crippen LogP) is 5.05. The van der Waals surface area contributed by atoms with Crippen LogP contribution >= 0.6 is 34.8 Å². The van der Waals surface area contributed by atoms with Crippen LogP contribution in [0.25, 0.3) is 0 Å². The van der Waals surface area contributed by atoms with Crippen LogP contribution < -0.4 is 4.94 Å². The fourth-order valence-corrected chi connectivity index (χ4v) is 3.01. The molecule has 0 spiro atoms. The second-order valence-electron chi connectivity index (χ2n) is 5.09. The minimum absolute atomic E-state index is 0.0334. The fourth-order valence-electron chi connectivity index (χ4n) is 1.93. The van der Waals surface area contributed by atoms with Gasteiger partial charge in [-0.25, -0.2) is 8.42 Å². The Morgan fingerprint density at radius 3 is 2.44 bits per heavy atom. The van der Waals surface area contributed by atoms with E-state index in [9.17, 15) is 21.7 Å². The van der Waals surface area contributed by atoms with Crippen molar-refractivity contribution in [2.75, 3.05) is 0 Å². The molecule has 0 aliphatic carbocycles. The van der Waals surface area contributed by atoms with Crippen molar-refractivity contribution in [1.29, 1.82) is 0 Å². The van der Waals surface area contributed by atoms with Crippen LogP contribution in [0, 0.1) is 0 Å². The summed E-state index contributed by atoms with van der Waals surface area (Å²) in [6.45, 7) is -0.0655. The van der Waals surface area contributed by atoms with E-state index in [0.29, 0.717) is 15.6 Å². The van der Waals surface area contributed by atoms with Gasteiger partial charge in [0.05, 0.1) is 16.3 Å². The zero-order valence-electron chi connectivity index (χ0n) is 13.1. The summed E-state index contributed by atoms with van der Waals surface area (Å²) in [4.78, 5) is 5.09. The number of nitrogens with one attached hydrogen (secondary N) is 1. The molecule has 27 heavy (non-hydrogen) atoms. The van der Waals surface area contributed by atoms with Crippen molar-refractivity contribution in [1.82, 2.24) is 4.94 Å². The molecular weight excluding hydrogens is 452 g/mol. The Morgan fingerprint density at radius 1 is 1.11 bits per heavy atom. The largest absolute Gasteiger partial charge is 0.391 e. The van der Waals surface area contributed by atoms with E-state index in [2.05, 4.69) is 5.16 Å². The lowest BCUT2D eigenvalue weighted by Gasteiger charge is -2.17. The average Bonchev–Trinajstić information content (AvgIpc) is 2.61. The molecule has 5 nitrogen and oxygen atoms in total. The first-order valence-electron chi connectivity index (χ1n) is 6.97. The monoisotopic (exact) mass is 460 g/mol. The standard InChI is InChI=1S/C15H10Cl3F3N2O3S/c16-11-2-3-12(15(19,20)27(24,25)23-21)10(6-11)7-22-26-8-9-1-4-13(17)14(18)5-9/h1-7,23H,8H2/b22-7+. The Bertz CT molecular complexity index is 972. The van der Waals surface area contributed by atoms with Gasteiger partial charge in [-0.2, -0.15) is 8.78 Å². The number of hydrogen-bond donors (Lipinski definition) is 1. The van der Waals surface area contributed by atoms with Crippen LogP contribution in [0.1, 0.15) is 16.7 Å². The second kappa shape index (κ2) is 8.66. The molecule has 1 N–H and O–H groups in total. The summed E-state index contributed by atoms with van der Waals surface area (Å²) >= 11 is 17.4.